The van der Waals surface area contributed by atoms with Crippen LogP contribution in [-0.2, 0) is 23.0 Å². The van der Waals surface area contributed by atoms with E-state index in [0.29, 0.717) is 23.0 Å². The first kappa shape index (κ1) is 24.3. The molecule has 0 fully saturated rings. The van der Waals surface area contributed by atoms with Crippen molar-refractivity contribution in [2.75, 3.05) is 6.26 Å². The summed E-state index contributed by atoms with van der Waals surface area (Å²) in [5, 5.41) is 0.528. The SMILES string of the molecule is CCc1ccc2c(c1)c(-c1ccc(C)[nH]c1=O)c(C(=O)NS(C)(=O)=O)n2Cc1ccc(F)cc1F. The zero-order chi connectivity index (χ0) is 25.5. The summed E-state index contributed by atoms with van der Waals surface area (Å²) < 4.78 is 55.4. The molecule has 2 aromatic carbocycles. The molecule has 0 unspecified atom stereocenters. The molecule has 0 aliphatic rings. The lowest BCUT2D eigenvalue weighted by molar-refractivity contribution is 0.0974. The fourth-order valence-corrected chi connectivity index (χ4v) is 4.53. The molecule has 0 spiro atoms. The number of pyridine rings is 1. The zero-order valence-electron chi connectivity index (χ0n) is 19.3. The van der Waals surface area contributed by atoms with E-state index in [1.165, 1.54) is 10.6 Å². The lowest BCUT2D eigenvalue weighted by atomic mass is 10.0. The van der Waals surface area contributed by atoms with E-state index in [9.17, 15) is 26.8 Å². The van der Waals surface area contributed by atoms with Gasteiger partial charge in [-0.2, -0.15) is 0 Å². The van der Waals surface area contributed by atoms with Crippen LogP contribution in [0.2, 0.25) is 0 Å². The molecule has 182 valence electrons. The summed E-state index contributed by atoms with van der Waals surface area (Å²) in [7, 11) is -3.96. The highest BCUT2D eigenvalue weighted by molar-refractivity contribution is 7.89. The number of aromatic nitrogens is 2. The average Bonchev–Trinajstić information content (AvgIpc) is 3.07. The minimum absolute atomic E-state index is 0.0839. The van der Waals surface area contributed by atoms with Crippen LogP contribution in [0.5, 0.6) is 0 Å². The van der Waals surface area contributed by atoms with E-state index in [1.807, 2.05) is 23.8 Å². The number of sulfonamides is 1. The van der Waals surface area contributed by atoms with Crippen molar-refractivity contribution < 1.29 is 22.0 Å². The van der Waals surface area contributed by atoms with Crippen LogP contribution in [0.1, 0.15) is 34.2 Å². The van der Waals surface area contributed by atoms with Gasteiger partial charge in [0.05, 0.1) is 12.8 Å². The highest BCUT2D eigenvalue weighted by Gasteiger charge is 2.28. The Morgan fingerprint density at radius 1 is 1.09 bits per heavy atom. The molecule has 2 heterocycles. The van der Waals surface area contributed by atoms with Crippen LogP contribution in [0, 0.1) is 18.6 Å². The number of rotatable bonds is 6. The molecular weight excluding hydrogens is 476 g/mol. The Morgan fingerprint density at radius 2 is 1.83 bits per heavy atom. The highest BCUT2D eigenvalue weighted by atomic mass is 32.2. The largest absolute Gasteiger partial charge is 0.331 e. The molecule has 0 saturated heterocycles. The predicted octanol–water partition coefficient (Wildman–Crippen LogP) is 3.88. The number of halogens is 2. The Morgan fingerprint density at radius 3 is 2.46 bits per heavy atom. The van der Waals surface area contributed by atoms with Gasteiger partial charge in [0.2, 0.25) is 10.0 Å². The molecule has 35 heavy (non-hydrogen) atoms. The van der Waals surface area contributed by atoms with Gasteiger partial charge in [0, 0.05) is 39.4 Å². The van der Waals surface area contributed by atoms with Crippen molar-refractivity contribution in [2.45, 2.75) is 26.8 Å². The van der Waals surface area contributed by atoms with Crippen molar-refractivity contribution in [3.8, 4) is 11.1 Å². The second-order valence-corrected chi connectivity index (χ2v) is 10.1. The number of nitrogens with one attached hydrogen (secondary N) is 2. The van der Waals surface area contributed by atoms with Gasteiger partial charge in [-0.15, -0.1) is 0 Å². The molecule has 2 aromatic heterocycles. The van der Waals surface area contributed by atoms with Gasteiger partial charge in [0.15, 0.2) is 0 Å². The maximum Gasteiger partial charge on any atom is 0.282 e. The van der Waals surface area contributed by atoms with E-state index in [4.69, 9.17) is 0 Å². The summed E-state index contributed by atoms with van der Waals surface area (Å²) in [6, 6.07) is 11.7. The second-order valence-electron chi connectivity index (χ2n) is 8.34. The summed E-state index contributed by atoms with van der Waals surface area (Å²) in [5.41, 5.74) is 1.88. The van der Waals surface area contributed by atoms with Crippen molar-refractivity contribution in [2.24, 2.45) is 0 Å². The molecule has 0 radical (unpaired) electrons. The lowest BCUT2D eigenvalue weighted by Crippen LogP contribution is -2.32. The number of carbonyl (C=O) groups excluding carboxylic acids is 1. The van der Waals surface area contributed by atoms with E-state index >= 15 is 0 Å². The van der Waals surface area contributed by atoms with Gasteiger partial charge in [0.25, 0.3) is 11.5 Å². The molecule has 4 aromatic rings. The Kier molecular flexibility index (Phi) is 6.33. The topological polar surface area (TPSA) is 101 Å². The summed E-state index contributed by atoms with van der Waals surface area (Å²) in [4.78, 5) is 29.0. The molecule has 1 amide bonds. The number of H-pyrrole nitrogens is 1. The number of fused-ring (bicyclic) bond motifs is 1. The second kappa shape index (κ2) is 9.10. The number of carbonyl (C=O) groups is 1. The summed E-state index contributed by atoms with van der Waals surface area (Å²) in [6.07, 6.45) is 1.51. The third-order valence-electron chi connectivity index (χ3n) is 5.70. The smallest absolute Gasteiger partial charge is 0.282 e. The van der Waals surface area contributed by atoms with Crippen molar-refractivity contribution >= 4 is 26.8 Å². The molecule has 0 atom stereocenters. The van der Waals surface area contributed by atoms with Crippen LogP contribution < -0.4 is 10.3 Å². The molecule has 4 rings (SSSR count). The van der Waals surface area contributed by atoms with Crippen LogP contribution in [-0.4, -0.2) is 30.1 Å². The first-order valence-corrected chi connectivity index (χ1v) is 12.7. The zero-order valence-corrected chi connectivity index (χ0v) is 20.1. The molecule has 2 N–H and O–H groups in total. The number of aromatic amines is 1. The molecule has 10 heteroatoms. The van der Waals surface area contributed by atoms with Gasteiger partial charge in [-0.3, -0.25) is 9.59 Å². The fraction of sp³-hybridized carbons (Fsp3) is 0.200. The molecule has 7 nitrogen and oxygen atoms in total. The summed E-state index contributed by atoms with van der Waals surface area (Å²) in [6.45, 7) is 3.45. The fourth-order valence-electron chi connectivity index (χ4n) is 4.10. The summed E-state index contributed by atoms with van der Waals surface area (Å²) >= 11 is 0. The van der Waals surface area contributed by atoms with Gasteiger partial charge < -0.3 is 9.55 Å². The molecule has 0 saturated carbocycles. The highest BCUT2D eigenvalue weighted by Crippen LogP contribution is 2.35. The number of benzene rings is 2. The Hall–Kier alpha value is -3.79. The van der Waals surface area contributed by atoms with E-state index in [2.05, 4.69) is 4.98 Å². The minimum atomic E-state index is -3.96. The quantitative estimate of drug-likeness (QED) is 0.420. The number of hydrogen-bond acceptors (Lipinski definition) is 4. The monoisotopic (exact) mass is 499 g/mol. The van der Waals surface area contributed by atoms with Crippen LogP contribution >= 0.6 is 0 Å². The van der Waals surface area contributed by atoms with Gasteiger partial charge in [-0.1, -0.05) is 19.1 Å². The van der Waals surface area contributed by atoms with Crippen LogP contribution in [0.15, 0.2) is 53.3 Å². The molecular formula is C25H23F2N3O4S. The van der Waals surface area contributed by atoms with Crippen molar-refractivity contribution in [3.63, 3.8) is 0 Å². The van der Waals surface area contributed by atoms with Crippen molar-refractivity contribution in [1.29, 1.82) is 0 Å². The van der Waals surface area contributed by atoms with Crippen molar-refractivity contribution in [3.05, 3.63) is 93.0 Å². The first-order chi connectivity index (χ1) is 16.5. The van der Waals surface area contributed by atoms with E-state index in [-0.39, 0.29) is 28.9 Å². The van der Waals surface area contributed by atoms with E-state index < -0.39 is 33.1 Å². The molecule has 0 bridgehead atoms. The Labute approximate surface area is 200 Å². The maximum atomic E-state index is 14.6. The van der Waals surface area contributed by atoms with Crippen LogP contribution in [0.3, 0.4) is 0 Å². The van der Waals surface area contributed by atoms with Gasteiger partial charge in [0.1, 0.15) is 17.3 Å². The lowest BCUT2D eigenvalue weighted by Gasteiger charge is -2.13. The maximum absolute atomic E-state index is 14.6. The Balaban J connectivity index is 2.11. The number of aryl methyl sites for hydroxylation is 2. The third kappa shape index (κ3) is 4.88. The average molecular weight is 500 g/mol. The number of hydrogen-bond donors (Lipinski definition) is 2. The van der Waals surface area contributed by atoms with Gasteiger partial charge in [-0.25, -0.2) is 21.9 Å². The summed E-state index contributed by atoms with van der Waals surface area (Å²) in [5.74, 6) is -2.54. The van der Waals surface area contributed by atoms with Gasteiger partial charge >= 0.3 is 0 Å². The van der Waals surface area contributed by atoms with E-state index in [1.54, 1.807) is 25.1 Å². The minimum Gasteiger partial charge on any atom is -0.331 e. The first-order valence-electron chi connectivity index (χ1n) is 10.8. The Bertz CT molecular complexity index is 1640. The van der Waals surface area contributed by atoms with Crippen molar-refractivity contribution in [1.82, 2.24) is 14.3 Å². The predicted molar refractivity (Wildman–Crippen MR) is 130 cm³/mol. The van der Waals surface area contributed by atoms with Crippen LogP contribution in [0.25, 0.3) is 22.0 Å². The normalized spacial score (nSPS) is 11.7. The standard InChI is InChI=1S/C25H23F2N3O4S/c1-4-15-6-10-21-19(11-15)22(18-9-5-14(2)28-24(18)31)23(25(32)29-35(3,33)34)30(21)13-16-7-8-17(26)12-20(16)27/h5-12H,4,13H2,1-3H3,(H,28,31)(H,29,32). The molecule has 0 aliphatic heterocycles. The van der Waals surface area contributed by atoms with Gasteiger partial charge in [-0.05, 0) is 49.2 Å². The number of nitrogens with zero attached hydrogens (tertiary/aromatic N) is 1. The molecule has 0 aliphatic carbocycles. The third-order valence-corrected chi connectivity index (χ3v) is 6.25. The van der Waals surface area contributed by atoms with Crippen LogP contribution in [0.4, 0.5) is 8.78 Å². The number of amides is 1. The van der Waals surface area contributed by atoms with E-state index in [0.717, 1.165) is 24.0 Å².